The van der Waals surface area contributed by atoms with Gasteiger partial charge in [-0.05, 0) is 0 Å². The Kier molecular flexibility index (Phi) is 8.04. The molecule has 0 atom stereocenters. The molecule has 0 aromatic rings. The van der Waals surface area contributed by atoms with Gasteiger partial charge in [0.15, 0.2) is 0 Å². The minimum atomic E-state index is 0.782. The molecule has 0 saturated heterocycles. The standard InChI is InChI=1S/C6H9Cl2N/c7-3-1-5-9-6-2-4-8/h1-4,9H,5-6H2/b3-1+,4-2+. The van der Waals surface area contributed by atoms with Gasteiger partial charge in [0.2, 0.25) is 0 Å². The molecule has 0 aliphatic carbocycles. The molecule has 0 radical (unpaired) electrons. The maximum atomic E-state index is 5.25. The van der Waals surface area contributed by atoms with Crippen molar-refractivity contribution in [3.63, 3.8) is 0 Å². The van der Waals surface area contributed by atoms with Crippen LogP contribution in [0.15, 0.2) is 23.2 Å². The van der Waals surface area contributed by atoms with Crippen LogP contribution in [0.1, 0.15) is 0 Å². The minimum Gasteiger partial charge on any atom is -0.310 e. The van der Waals surface area contributed by atoms with Crippen molar-refractivity contribution in [1.82, 2.24) is 5.32 Å². The summed E-state index contributed by atoms with van der Waals surface area (Å²) < 4.78 is 0. The molecule has 52 valence electrons. The fourth-order valence-electron chi connectivity index (χ4n) is 0.339. The second kappa shape index (κ2) is 8.02. The van der Waals surface area contributed by atoms with Crippen molar-refractivity contribution in [3.8, 4) is 0 Å². The van der Waals surface area contributed by atoms with Crippen molar-refractivity contribution in [1.29, 1.82) is 0 Å². The first-order valence-electron chi connectivity index (χ1n) is 2.63. The summed E-state index contributed by atoms with van der Waals surface area (Å²) in [5, 5.41) is 3.04. The van der Waals surface area contributed by atoms with E-state index in [0.717, 1.165) is 13.1 Å². The first-order chi connectivity index (χ1) is 4.41. The normalized spacial score (nSPS) is 11.8. The van der Waals surface area contributed by atoms with Crippen LogP contribution in [0.4, 0.5) is 0 Å². The Morgan fingerprint density at radius 2 is 1.44 bits per heavy atom. The van der Waals surface area contributed by atoms with Crippen LogP contribution in [-0.2, 0) is 0 Å². The smallest absolute Gasteiger partial charge is 0.0149 e. The molecule has 0 aliphatic heterocycles. The van der Waals surface area contributed by atoms with E-state index < -0.39 is 0 Å². The van der Waals surface area contributed by atoms with Crippen LogP contribution < -0.4 is 5.32 Å². The maximum absolute atomic E-state index is 5.25. The second-order valence-electron chi connectivity index (χ2n) is 1.38. The van der Waals surface area contributed by atoms with Gasteiger partial charge in [0.05, 0.1) is 0 Å². The predicted molar refractivity (Wildman–Crippen MR) is 42.9 cm³/mol. The molecule has 0 saturated carbocycles. The number of nitrogens with one attached hydrogen (secondary N) is 1. The molecule has 0 fully saturated rings. The highest BCUT2D eigenvalue weighted by Gasteiger charge is 1.73. The third-order valence-electron chi connectivity index (χ3n) is 0.703. The molecule has 0 aromatic carbocycles. The van der Waals surface area contributed by atoms with Crippen LogP contribution in [-0.4, -0.2) is 13.1 Å². The molecule has 9 heavy (non-hydrogen) atoms. The zero-order valence-corrected chi connectivity index (χ0v) is 6.49. The van der Waals surface area contributed by atoms with Gasteiger partial charge in [-0.2, -0.15) is 0 Å². The van der Waals surface area contributed by atoms with Crippen LogP contribution in [0.3, 0.4) is 0 Å². The first-order valence-corrected chi connectivity index (χ1v) is 3.50. The Balaban J connectivity index is 2.91. The lowest BCUT2D eigenvalue weighted by molar-refractivity contribution is 0.844. The topological polar surface area (TPSA) is 12.0 Å². The SMILES string of the molecule is Cl/C=C/CNC/C=C/Cl. The molecule has 0 unspecified atom stereocenters. The lowest BCUT2D eigenvalue weighted by Crippen LogP contribution is -2.12. The Morgan fingerprint density at radius 3 is 1.78 bits per heavy atom. The van der Waals surface area contributed by atoms with Gasteiger partial charge in [0.25, 0.3) is 0 Å². The highest BCUT2D eigenvalue weighted by Crippen LogP contribution is 1.77. The van der Waals surface area contributed by atoms with Crippen molar-refractivity contribution >= 4 is 23.2 Å². The molecule has 0 aliphatic rings. The first kappa shape index (κ1) is 9.02. The summed E-state index contributed by atoms with van der Waals surface area (Å²) >= 11 is 10.5. The van der Waals surface area contributed by atoms with Crippen LogP contribution in [0.5, 0.6) is 0 Å². The van der Waals surface area contributed by atoms with E-state index in [1.807, 2.05) is 12.2 Å². The lowest BCUT2D eigenvalue weighted by atomic mass is 10.5. The molecule has 0 spiro atoms. The van der Waals surface area contributed by atoms with Crippen LogP contribution >= 0.6 is 23.2 Å². The van der Waals surface area contributed by atoms with Crippen molar-refractivity contribution in [2.75, 3.05) is 13.1 Å². The van der Waals surface area contributed by atoms with E-state index in [1.54, 1.807) is 0 Å². The molecular formula is C6H9Cl2N. The van der Waals surface area contributed by atoms with Crippen molar-refractivity contribution in [2.45, 2.75) is 0 Å². The number of rotatable bonds is 4. The van der Waals surface area contributed by atoms with E-state index in [-0.39, 0.29) is 0 Å². The predicted octanol–water partition coefficient (Wildman–Crippen LogP) is 2.08. The Labute approximate surface area is 65.3 Å². The third kappa shape index (κ3) is 8.02. The van der Waals surface area contributed by atoms with Gasteiger partial charge in [-0.25, -0.2) is 0 Å². The summed E-state index contributed by atoms with van der Waals surface area (Å²) in [5.41, 5.74) is 2.97. The van der Waals surface area contributed by atoms with Crippen LogP contribution in [0.2, 0.25) is 0 Å². The zero-order valence-electron chi connectivity index (χ0n) is 4.98. The van der Waals surface area contributed by atoms with Gasteiger partial charge >= 0.3 is 0 Å². The van der Waals surface area contributed by atoms with Gasteiger partial charge in [0, 0.05) is 24.2 Å². The Morgan fingerprint density at radius 1 is 1.00 bits per heavy atom. The average molecular weight is 166 g/mol. The molecule has 0 rings (SSSR count). The summed E-state index contributed by atoms with van der Waals surface area (Å²) in [4.78, 5) is 0. The van der Waals surface area contributed by atoms with Gasteiger partial charge < -0.3 is 5.32 Å². The Bertz CT molecular complexity index is 87.2. The van der Waals surface area contributed by atoms with E-state index in [2.05, 4.69) is 5.32 Å². The summed E-state index contributed by atoms with van der Waals surface area (Å²) in [6, 6.07) is 0. The number of halogens is 2. The fourth-order valence-corrected chi connectivity index (χ4v) is 0.517. The summed E-state index contributed by atoms with van der Waals surface area (Å²) in [6.45, 7) is 1.56. The van der Waals surface area contributed by atoms with Gasteiger partial charge in [-0.15, -0.1) is 0 Å². The summed E-state index contributed by atoms with van der Waals surface area (Å²) in [6.07, 6.45) is 3.65. The third-order valence-corrected chi connectivity index (χ3v) is 1.06. The average Bonchev–Trinajstić information content (AvgIpc) is 1.89. The molecule has 1 nitrogen and oxygen atoms in total. The van der Waals surface area contributed by atoms with Gasteiger partial charge in [-0.3, -0.25) is 0 Å². The van der Waals surface area contributed by atoms with E-state index >= 15 is 0 Å². The quantitative estimate of drug-likeness (QED) is 0.630. The zero-order chi connectivity index (χ0) is 6.95. The molecular weight excluding hydrogens is 157 g/mol. The van der Waals surface area contributed by atoms with Crippen molar-refractivity contribution in [3.05, 3.63) is 23.2 Å². The fraction of sp³-hybridized carbons (Fsp3) is 0.333. The summed E-state index contributed by atoms with van der Waals surface area (Å²) in [7, 11) is 0. The molecule has 1 N–H and O–H groups in total. The van der Waals surface area contributed by atoms with Crippen molar-refractivity contribution in [2.24, 2.45) is 0 Å². The van der Waals surface area contributed by atoms with Gasteiger partial charge in [0.1, 0.15) is 0 Å². The van der Waals surface area contributed by atoms with E-state index in [1.165, 1.54) is 11.1 Å². The molecule has 3 heteroatoms. The van der Waals surface area contributed by atoms with Crippen molar-refractivity contribution < 1.29 is 0 Å². The summed E-state index contributed by atoms with van der Waals surface area (Å²) in [5.74, 6) is 0. The Hall–Kier alpha value is 0.0200. The largest absolute Gasteiger partial charge is 0.310 e. The molecule has 0 bridgehead atoms. The highest BCUT2D eigenvalue weighted by atomic mass is 35.5. The van der Waals surface area contributed by atoms with Gasteiger partial charge in [-0.1, -0.05) is 35.4 Å². The number of hydrogen-bond donors (Lipinski definition) is 1. The van der Waals surface area contributed by atoms with E-state index in [0.29, 0.717) is 0 Å². The highest BCUT2D eigenvalue weighted by molar-refractivity contribution is 6.25. The lowest BCUT2D eigenvalue weighted by Gasteiger charge is -1.91. The molecule has 0 heterocycles. The molecule has 0 amide bonds. The van der Waals surface area contributed by atoms with E-state index in [9.17, 15) is 0 Å². The monoisotopic (exact) mass is 165 g/mol. The second-order valence-corrected chi connectivity index (χ2v) is 1.89. The van der Waals surface area contributed by atoms with Crippen LogP contribution in [0, 0.1) is 0 Å². The maximum Gasteiger partial charge on any atom is 0.0149 e. The number of hydrogen-bond acceptors (Lipinski definition) is 1. The van der Waals surface area contributed by atoms with E-state index in [4.69, 9.17) is 23.2 Å². The minimum absolute atomic E-state index is 0.782. The van der Waals surface area contributed by atoms with Crippen LogP contribution in [0.25, 0.3) is 0 Å². The molecule has 0 aromatic heterocycles.